The zero-order chi connectivity index (χ0) is 20.8. The van der Waals surface area contributed by atoms with Crippen molar-refractivity contribution in [2.75, 3.05) is 26.4 Å². The van der Waals surface area contributed by atoms with Crippen LogP contribution in [0.4, 0.5) is 0 Å². The molecule has 0 bridgehead atoms. The molecule has 2 aliphatic rings. The quantitative estimate of drug-likeness (QED) is 0.188. The molecule has 8 N–H and O–H groups in total. The number of hydrogen-bond acceptors (Lipinski definition) is 11. The van der Waals surface area contributed by atoms with Crippen molar-refractivity contribution in [3.05, 3.63) is 0 Å². The fraction of sp³-hybridized carbons (Fsp3) is 1.00. The predicted molar refractivity (Wildman–Crippen MR) is 93.8 cm³/mol. The van der Waals surface area contributed by atoms with Crippen LogP contribution in [-0.4, -0.2) is 112 Å². The molecule has 0 saturated carbocycles. The van der Waals surface area contributed by atoms with E-state index in [1.54, 1.807) is 6.92 Å². The van der Waals surface area contributed by atoms with Crippen molar-refractivity contribution in [2.45, 2.75) is 75.1 Å². The van der Waals surface area contributed by atoms with Gasteiger partial charge in [0.05, 0.1) is 25.9 Å². The first-order valence-electron chi connectivity index (χ1n) is 9.61. The number of nitrogens with two attached hydrogens (primary N) is 1. The summed E-state index contributed by atoms with van der Waals surface area (Å²) in [5.41, 5.74) is 5.42. The van der Waals surface area contributed by atoms with Crippen molar-refractivity contribution in [1.82, 2.24) is 0 Å². The molecule has 2 heterocycles. The van der Waals surface area contributed by atoms with E-state index in [1.165, 1.54) is 0 Å². The number of hydrogen-bond donors (Lipinski definition) is 7. The first-order valence-corrected chi connectivity index (χ1v) is 9.61. The summed E-state index contributed by atoms with van der Waals surface area (Å²) in [5, 5.41) is 60.2. The van der Waals surface area contributed by atoms with Crippen LogP contribution in [0.15, 0.2) is 0 Å². The Balaban J connectivity index is 2.14. The highest BCUT2D eigenvalue weighted by Crippen LogP contribution is 2.33. The van der Waals surface area contributed by atoms with E-state index < -0.39 is 74.4 Å². The maximum atomic E-state index is 10.6. The summed E-state index contributed by atoms with van der Waals surface area (Å²) < 4.78 is 22.2. The largest absolute Gasteiger partial charge is 0.394 e. The molecular weight excluding hydrogens is 378 g/mol. The van der Waals surface area contributed by atoms with E-state index in [-0.39, 0.29) is 6.61 Å². The van der Waals surface area contributed by atoms with Gasteiger partial charge in [0, 0.05) is 5.92 Å². The van der Waals surface area contributed by atoms with Crippen LogP contribution in [0.2, 0.25) is 0 Å². The van der Waals surface area contributed by atoms with Crippen LogP contribution in [0.5, 0.6) is 0 Å². The first kappa shape index (κ1) is 23.8. The van der Waals surface area contributed by atoms with Gasteiger partial charge in [-0.05, 0) is 19.4 Å². The van der Waals surface area contributed by atoms with Crippen molar-refractivity contribution < 1.29 is 49.6 Å². The summed E-state index contributed by atoms with van der Waals surface area (Å²) >= 11 is 0. The van der Waals surface area contributed by atoms with Crippen molar-refractivity contribution in [2.24, 2.45) is 11.7 Å². The van der Waals surface area contributed by atoms with Crippen LogP contribution in [0, 0.1) is 5.92 Å². The van der Waals surface area contributed by atoms with Crippen LogP contribution in [0.3, 0.4) is 0 Å². The van der Waals surface area contributed by atoms with Crippen LogP contribution in [0.25, 0.3) is 0 Å². The van der Waals surface area contributed by atoms with Gasteiger partial charge in [-0.15, -0.1) is 0 Å². The van der Waals surface area contributed by atoms with Gasteiger partial charge in [0.1, 0.15) is 36.6 Å². The van der Waals surface area contributed by atoms with Crippen LogP contribution in [0.1, 0.15) is 19.8 Å². The molecule has 11 nitrogen and oxygen atoms in total. The maximum absolute atomic E-state index is 10.6. The fourth-order valence-corrected chi connectivity index (χ4v) is 3.50. The zero-order valence-corrected chi connectivity index (χ0v) is 15.9. The lowest BCUT2D eigenvalue weighted by Gasteiger charge is -2.47. The van der Waals surface area contributed by atoms with E-state index in [9.17, 15) is 30.6 Å². The molecule has 4 unspecified atom stereocenters. The third kappa shape index (κ3) is 5.18. The number of ether oxygens (including phenoxy) is 4. The molecule has 0 spiro atoms. The zero-order valence-electron chi connectivity index (χ0n) is 15.9. The standard InChI is InChI=1S/C17H33NO10/c1-2-8-11(21)12(22)9(6-19)26-16(8)28-15-13(23)10(7-20)27-17(14(15)24)25-5-3-4-18/h8-17,19-24H,2-7,18H2,1H3/t8?,9?,10?,11-,12-,13+,14?,15+,16-,17-/m1/s1. The lowest BCUT2D eigenvalue weighted by molar-refractivity contribution is -0.354. The average molecular weight is 411 g/mol. The molecule has 2 fully saturated rings. The highest BCUT2D eigenvalue weighted by atomic mass is 16.7. The van der Waals surface area contributed by atoms with E-state index in [4.69, 9.17) is 24.7 Å². The third-order valence-corrected chi connectivity index (χ3v) is 5.22. The number of rotatable bonds is 9. The van der Waals surface area contributed by atoms with E-state index in [1.807, 2.05) is 0 Å². The Hall–Kier alpha value is -0.440. The lowest BCUT2D eigenvalue weighted by atomic mass is 9.88. The van der Waals surface area contributed by atoms with Gasteiger partial charge in [0.15, 0.2) is 12.6 Å². The molecule has 10 atom stereocenters. The second-order valence-corrected chi connectivity index (χ2v) is 7.10. The van der Waals surface area contributed by atoms with Crippen molar-refractivity contribution in [3.8, 4) is 0 Å². The molecule has 166 valence electrons. The average Bonchev–Trinajstić information content (AvgIpc) is 2.69. The lowest BCUT2D eigenvalue weighted by Crippen LogP contribution is -2.63. The Morgan fingerprint density at radius 3 is 2.04 bits per heavy atom. The van der Waals surface area contributed by atoms with Gasteiger partial charge in [0.25, 0.3) is 0 Å². The summed E-state index contributed by atoms with van der Waals surface area (Å²) in [6.45, 7) is 1.26. The fourth-order valence-electron chi connectivity index (χ4n) is 3.50. The highest BCUT2D eigenvalue weighted by Gasteiger charge is 2.50. The van der Waals surface area contributed by atoms with Gasteiger partial charge in [0.2, 0.25) is 0 Å². The second-order valence-electron chi connectivity index (χ2n) is 7.10. The first-order chi connectivity index (χ1) is 13.4. The van der Waals surface area contributed by atoms with E-state index in [2.05, 4.69) is 0 Å². The molecule has 28 heavy (non-hydrogen) atoms. The minimum atomic E-state index is -1.41. The monoisotopic (exact) mass is 411 g/mol. The smallest absolute Gasteiger partial charge is 0.186 e. The van der Waals surface area contributed by atoms with Crippen LogP contribution >= 0.6 is 0 Å². The van der Waals surface area contributed by atoms with Gasteiger partial charge in [-0.25, -0.2) is 0 Å². The summed E-state index contributed by atoms with van der Waals surface area (Å²) in [6.07, 6.45) is -10.1. The Morgan fingerprint density at radius 1 is 0.857 bits per heavy atom. The normalized spacial score (nSPS) is 44.6. The minimum absolute atomic E-state index is 0.203. The summed E-state index contributed by atoms with van der Waals surface area (Å²) in [6, 6.07) is 0. The Bertz CT molecular complexity index is 458. The Labute approximate surface area is 163 Å². The van der Waals surface area contributed by atoms with Gasteiger partial charge in [-0.2, -0.15) is 0 Å². The van der Waals surface area contributed by atoms with Gasteiger partial charge < -0.3 is 55.3 Å². The molecule has 0 aromatic carbocycles. The molecule has 11 heteroatoms. The summed E-state index contributed by atoms with van der Waals surface area (Å²) in [5.74, 6) is -0.663. The van der Waals surface area contributed by atoms with Gasteiger partial charge in [-0.1, -0.05) is 6.92 Å². The molecule has 0 radical (unpaired) electrons. The van der Waals surface area contributed by atoms with Gasteiger partial charge >= 0.3 is 0 Å². The predicted octanol–water partition coefficient (Wildman–Crippen LogP) is -3.36. The number of aliphatic hydroxyl groups is 6. The third-order valence-electron chi connectivity index (χ3n) is 5.22. The topological polar surface area (TPSA) is 184 Å². The second kappa shape index (κ2) is 11.1. The molecular formula is C17H33NO10. The van der Waals surface area contributed by atoms with Crippen molar-refractivity contribution in [3.63, 3.8) is 0 Å². The molecule has 2 rings (SSSR count). The molecule has 0 amide bonds. The molecule has 0 aliphatic carbocycles. The summed E-state index contributed by atoms with van der Waals surface area (Å²) in [4.78, 5) is 0. The van der Waals surface area contributed by atoms with E-state index >= 15 is 0 Å². The number of aliphatic hydroxyl groups excluding tert-OH is 6. The maximum Gasteiger partial charge on any atom is 0.186 e. The molecule has 0 aromatic heterocycles. The minimum Gasteiger partial charge on any atom is -0.394 e. The Kier molecular flexibility index (Phi) is 9.44. The molecule has 0 aromatic rings. The Morgan fingerprint density at radius 2 is 1.46 bits per heavy atom. The van der Waals surface area contributed by atoms with E-state index in [0.717, 1.165) is 0 Å². The van der Waals surface area contributed by atoms with Gasteiger partial charge in [-0.3, -0.25) is 0 Å². The van der Waals surface area contributed by atoms with Crippen molar-refractivity contribution in [1.29, 1.82) is 0 Å². The van der Waals surface area contributed by atoms with Crippen molar-refractivity contribution >= 4 is 0 Å². The van der Waals surface area contributed by atoms with Crippen LogP contribution < -0.4 is 5.73 Å². The van der Waals surface area contributed by atoms with Crippen LogP contribution in [-0.2, 0) is 18.9 Å². The highest BCUT2D eigenvalue weighted by molar-refractivity contribution is 4.93. The SMILES string of the molecule is CCC1[C@@H](O[C@@H]2C(O)[C@H](OCCCN)OC(CO)[C@@H]2O)OC(CO)[C@@H](O)[C@@H]1O. The van der Waals surface area contributed by atoms with E-state index in [0.29, 0.717) is 19.4 Å². The molecule has 2 saturated heterocycles. The molecule has 2 aliphatic heterocycles. The summed E-state index contributed by atoms with van der Waals surface area (Å²) in [7, 11) is 0.